The predicted molar refractivity (Wildman–Crippen MR) is 85.4 cm³/mol. The molecule has 0 amide bonds. The van der Waals surface area contributed by atoms with Crippen molar-refractivity contribution in [2.45, 2.75) is 6.92 Å². The average Bonchev–Trinajstić information content (AvgIpc) is 3.14. The highest BCUT2D eigenvalue weighted by Crippen LogP contribution is 2.26. The van der Waals surface area contributed by atoms with E-state index in [1.54, 1.807) is 12.1 Å². The average molecular weight is 381 g/mol. The van der Waals surface area contributed by atoms with Crippen LogP contribution >= 0.6 is 15.9 Å². The normalized spacial score (nSPS) is 10.9. The Morgan fingerprint density at radius 2 is 2.17 bits per heavy atom. The molecule has 1 aromatic carbocycles. The summed E-state index contributed by atoms with van der Waals surface area (Å²) >= 11 is 3.44. The van der Waals surface area contributed by atoms with Gasteiger partial charge in [-0.15, -0.1) is 0 Å². The summed E-state index contributed by atoms with van der Waals surface area (Å²) in [6.07, 6.45) is 0. The second kappa shape index (κ2) is 6.34. The Balaban J connectivity index is 2.11. The van der Waals surface area contributed by atoms with Crippen molar-refractivity contribution in [3.8, 4) is 17.2 Å². The highest BCUT2D eigenvalue weighted by molar-refractivity contribution is 9.10. The Morgan fingerprint density at radius 3 is 2.91 bits per heavy atom. The van der Waals surface area contributed by atoms with Crippen LogP contribution in [0.3, 0.4) is 0 Å². The van der Waals surface area contributed by atoms with Crippen LogP contribution in [0.25, 0.3) is 17.2 Å². The molecule has 0 radical (unpaired) electrons. The maximum atomic E-state index is 12.1. The van der Waals surface area contributed by atoms with E-state index < -0.39 is 5.76 Å². The quantitative estimate of drug-likeness (QED) is 0.678. The first-order chi connectivity index (χ1) is 11.1. The molecule has 0 saturated heterocycles. The van der Waals surface area contributed by atoms with Gasteiger partial charge < -0.3 is 11.1 Å². The third-order valence-corrected chi connectivity index (χ3v) is 4.01. The minimum atomic E-state index is -0.636. The third kappa shape index (κ3) is 2.90. The zero-order chi connectivity index (χ0) is 16.4. The van der Waals surface area contributed by atoms with Crippen LogP contribution in [0.15, 0.2) is 36.6 Å². The van der Waals surface area contributed by atoms with E-state index in [9.17, 15) is 4.79 Å². The molecule has 10 heteroatoms. The lowest BCUT2D eigenvalue weighted by Crippen LogP contribution is -2.16. The van der Waals surface area contributed by atoms with Gasteiger partial charge in [-0.05, 0) is 34.9 Å². The molecule has 0 aliphatic heterocycles. The van der Waals surface area contributed by atoms with E-state index in [2.05, 4.69) is 36.7 Å². The van der Waals surface area contributed by atoms with Gasteiger partial charge in [-0.25, -0.2) is 14.0 Å². The van der Waals surface area contributed by atoms with Crippen molar-refractivity contribution in [2.75, 3.05) is 18.4 Å². The molecule has 23 heavy (non-hydrogen) atoms. The van der Waals surface area contributed by atoms with Crippen molar-refractivity contribution in [3.63, 3.8) is 0 Å². The first-order valence-corrected chi connectivity index (χ1v) is 7.53. The van der Waals surface area contributed by atoms with Gasteiger partial charge >= 0.3 is 5.76 Å². The molecular weight excluding hydrogens is 368 g/mol. The number of anilines is 1. The topological polar surface area (TPSA) is 125 Å². The maximum absolute atomic E-state index is 12.1. The number of rotatable bonds is 5. The van der Waals surface area contributed by atoms with E-state index in [0.29, 0.717) is 24.6 Å². The summed E-state index contributed by atoms with van der Waals surface area (Å²) in [5.41, 5.74) is 7.33. The van der Waals surface area contributed by atoms with E-state index in [-0.39, 0.29) is 11.5 Å². The standard InChI is InChI=1S/C13H13BrN6O3/c1-7-2-3-8(6-9(7)14)20-12(19-22-13(20)21)10-11(16-5-4-15)18-23-17-10/h2-3,6H,4-5,15H2,1H3,(H,16,18). The van der Waals surface area contributed by atoms with Gasteiger partial charge in [0.05, 0.1) is 5.69 Å². The second-order valence-electron chi connectivity index (χ2n) is 4.72. The Labute approximate surface area is 138 Å². The molecule has 3 aromatic rings. The van der Waals surface area contributed by atoms with Crippen LogP contribution < -0.4 is 16.8 Å². The van der Waals surface area contributed by atoms with Gasteiger partial charge in [-0.2, -0.15) is 0 Å². The van der Waals surface area contributed by atoms with Crippen LogP contribution in [0.2, 0.25) is 0 Å². The van der Waals surface area contributed by atoms with E-state index in [0.717, 1.165) is 10.0 Å². The molecule has 0 aliphatic carbocycles. The van der Waals surface area contributed by atoms with Crippen LogP contribution in [0.1, 0.15) is 5.56 Å². The molecule has 9 nitrogen and oxygen atoms in total. The number of nitrogens with one attached hydrogen (secondary N) is 1. The van der Waals surface area contributed by atoms with Gasteiger partial charge in [0, 0.05) is 17.6 Å². The van der Waals surface area contributed by atoms with E-state index in [1.807, 2.05) is 13.0 Å². The van der Waals surface area contributed by atoms with Crippen molar-refractivity contribution in [1.29, 1.82) is 0 Å². The summed E-state index contributed by atoms with van der Waals surface area (Å²) in [6, 6.07) is 5.44. The summed E-state index contributed by atoms with van der Waals surface area (Å²) in [5, 5.41) is 14.3. The van der Waals surface area contributed by atoms with Crippen molar-refractivity contribution < 1.29 is 9.15 Å². The Kier molecular flexibility index (Phi) is 4.26. The van der Waals surface area contributed by atoms with Crippen molar-refractivity contribution >= 4 is 21.7 Å². The second-order valence-corrected chi connectivity index (χ2v) is 5.57. The van der Waals surface area contributed by atoms with E-state index in [4.69, 9.17) is 14.9 Å². The van der Waals surface area contributed by atoms with Crippen LogP contribution in [-0.4, -0.2) is 33.1 Å². The third-order valence-electron chi connectivity index (χ3n) is 3.16. The van der Waals surface area contributed by atoms with Gasteiger partial charge in [0.2, 0.25) is 11.6 Å². The number of benzene rings is 1. The van der Waals surface area contributed by atoms with Crippen LogP contribution in [0.5, 0.6) is 0 Å². The fourth-order valence-corrected chi connectivity index (χ4v) is 2.36. The van der Waals surface area contributed by atoms with Gasteiger partial charge in [0.25, 0.3) is 0 Å². The lowest BCUT2D eigenvalue weighted by molar-refractivity contribution is 0.309. The number of halogens is 1. The summed E-state index contributed by atoms with van der Waals surface area (Å²) < 4.78 is 11.7. The minimum Gasteiger partial charge on any atom is -0.364 e. The number of nitrogens with zero attached hydrogens (tertiary/aromatic N) is 4. The molecule has 2 heterocycles. The number of nitrogens with two attached hydrogens (primary N) is 1. The van der Waals surface area contributed by atoms with Crippen molar-refractivity contribution in [3.05, 3.63) is 38.8 Å². The molecule has 120 valence electrons. The summed E-state index contributed by atoms with van der Waals surface area (Å²) in [5.74, 6) is -0.112. The fourth-order valence-electron chi connectivity index (χ4n) is 1.99. The molecule has 0 aliphatic rings. The molecule has 0 atom stereocenters. The van der Waals surface area contributed by atoms with Crippen molar-refractivity contribution in [1.82, 2.24) is 20.0 Å². The summed E-state index contributed by atoms with van der Waals surface area (Å²) in [6.45, 7) is 2.82. The Hall–Kier alpha value is -2.46. The van der Waals surface area contributed by atoms with Crippen LogP contribution in [-0.2, 0) is 0 Å². The smallest absolute Gasteiger partial charge is 0.364 e. The zero-order valence-corrected chi connectivity index (χ0v) is 13.7. The largest absolute Gasteiger partial charge is 0.446 e. The maximum Gasteiger partial charge on any atom is 0.446 e. The highest BCUT2D eigenvalue weighted by Gasteiger charge is 2.22. The SMILES string of the molecule is Cc1ccc(-n2c(-c3nonc3NCCN)noc2=O)cc1Br. The fraction of sp³-hybridized carbons (Fsp3) is 0.231. The lowest BCUT2D eigenvalue weighted by atomic mass is 10.2. The van der Waals surface area contributed by atoms with Gasteiger partial charge in [-0.1, -0.05) is 27.2 Å². The minimum absolute atomic E-state index is 0.187. The first kappa shape index (κ1) is 15.4. The predicted octanol–water partition coefficient (Wildman–Crippen LogP) is 1.32. The molecule has 0 spiro atoms. The molecule has 0 unspecified atom stereocenters. The zero-order valence-electron chi connectivity index (χ0n) is 12.1. The molecule has 2 aromatic heterocycles. The van der Waals surface area contributed by atoms with Crippen LogP contribution in [0, 0.1) is 6.92 Å². The molecular formula is C13H13BrN6O3. The highest BCUT2D eigenvalue weighted by atomic mass is 79.9. The Morgan fingerprint density at radius 1 is 1.35 bits per heavy atom. The molecule has 3 N–H and O–H groups in total. The monoisotopic (exact) mass is 380 g/mol. The first-order valence-electron chi connectivity index (χ1n) is 6.74. The number of aromatic nitrogens is 4. The lowest BCUT2D eigenvalue weighted by Gasteiger charge is -2.06. The molecule has 0 fully saturated rings. The number of hydrogen-bond acceptors (Lipinski definition) is 8. The van der Waals surface area contributed by atoms with Gasteiger partial charge in [-0.3, -0.25) is 4.52 Å². The molecule has 0 saturated carbocycles. The number of aryl methyl sites for hydroxylation is 1. The van der Waals surface area contributed by atoms with Gasteiger partial charge in [0.1, 0.15) is 0 Å². The summed E-state index contributed by atoms with van der Waals surface area (Å²) in [4.78, 5) is 12.1. The number of hydrogen-bond donors (Lipinski definition) is 2. The van der Waals surface area contributed by atoms with Crippen molar-refractivity contribution in [2.24, 2.45) is 5.73 Å². The summed E-state index contributed by atoms with van der Waals surface area (Å²) in [7, 11) is 0. The molecule has 3 rings (SSSR count). The van der Waals surface area contributed by atoms with Gasteiger partial charge in [0.15, 0.2) is 5.69 Å². The Bertz CT molecular complexity index is 884. The van der Waals surface area contributed by atoms with Crippen LogP contribution in [0.4, 0.5) is 5.82 Å². The van der Waals surface area contributed by atoms with E-state index in [1.165, 1.54) is 4.57 Å². The van der Waals surface area contributed by atoms with E-state index >= 15 is 0 Å². The molecule has 0 bridgehead atoms.